The summed E-state index contributed by atoms with van der Waals surface area (Å²) in [5.41, 5.74) is 1.73. The monoisotopic (exact) mass is 262 g/mol. The third kappa shape index (κ3) is 2.36. The van der Waals surface area contributed by atoms with Gasteiger partial charge in [0.05, 0.1) is 10.4 Å². The highest BCUT2D eigenvalue weighted by Crippen LogP contribution is 2.24. The summed E-state index contributed by atoms with van der Waals surface area (Å²) in [6, 6.07) is 6.96. The fraction of sp³-hybridized carbons (Fsp3) is 0.267. The molecule has 0 saturated heterocycles. The van der Waals surface area contributed by atoms with Crippen LogP contribution in [0.15, 0.2) is 24.3 Å². The molecule has 0 aliphatic heterocycles. The number of rotatable bonds is 3. The smallest absolute Gasteiger partial charge is 0.206 e. The maximum absolute atomic E-state index is 13.9. The van der Waals surface area contributed by atoms with Crippen molar-refractivity contribution in [3.05, 3.63) is 56.5 Å². The van der Waals surface area contributed by atoms with E-state index in [1.54, 1.807) is 13.0 Å². The standard InChI is InChI=1S/C15H15FOS/c1-4-11-5-6-13(18-11)15(17)14-10(3)7-9(2)8-12(14)16/h5-8H,4H2,1-3H3. The summed E-state index contributed by atoms with van der Waals surface area (Å²) in [4.78, 5) is 14.1. The first-order valence-electron chi connectivity index (χ1n) is 5.93. The van der Waals surface area contributed by atoms with Gasteiger partial charge < -0.3 is 0 Å². The van der Waals surface area contributed by atoms with Gasteiger partial charge >= 0.3 is 0 Å². The van der Waals surface area contributed by atoms with Gasteiger partial charge in [-0.25, -0.2) is 4.39 Å². The molecule has 2 aromatic rings. The van der Waals surface area contributed by atoms with Gasteiger partial charge in [-0.15, -0.1) is 11.3 Å². The van der Waals surface area contributed by atoms with Gasteiger partial charge in [0.1, 0.15) is 5.82 Å². The number of carbonyl (C=O) groups excluding carboxylic acids is 1. The van der Waals surface area contributed by atoms with Crippen LogP contribution in [0.1, 0.15) is 38.2 Å². The van der Waals surface area contributed by atoms with E-state index in [4.69, 9.17) is 0 Å². The molecule has 0 N–H and O–H groups in total. The van der Waals surface area contributed by atoms with Crippen LogP contribution in [0.25, 0.3) is 0 Å². The van der Waals surface area contributed by atoms with Crippen molar-refractivity contribution in [3.63, 3.8) is 0 Å². The van der Waals surface area contributed by atoms with E-state index in [9.17, 15) is 9.18 Å². The molecule has 0 fully saturated rings. The number of benzene rings is 1. The van der Waals surface area contributed by atoms with Crippen LogP contribution in [0.3, 0.4) is 0 Å². The normalized spacial score (nSPS) is 10.7. The van der Waals surface area contributed by atoms with E-state index < -0.39 is 5.82 Å². The molecule has 18 heavy (non-hydrogen) atoms. The third-order valence-electron chi connectivity index (χ3n) is 2.89. The van der Waals surface area contributed by atoms with Crippen LogP contribution in [0.2, 0.25) is 0 Å². The first-order valence-corrected chi connectivity index (χ1v) is 6.74. The molecule has 0 aliphatic rings. The van der Waals surface area contributed by atoms with E-state index in [0.29, 0.717) is 10.4 Å². The van der Waals surface area contributed by atoms with E-state index in [-0.39, 0.29) is 11.3 Å². The summed E-state index contributed by atoms with van der Waals surface area (Å²) in [5, 5.41) is 0. The van der Waals surface area contributed by atoms with Gasteiger partial charge in [-0.05, 0) is 49.6 Å². The topological polar surface area (TPSA) is 17.1 Å². The highest BCUT2D eigenvalue weighted by Gasteiger charge is 2.18. The highest BCUT2D eigenvalue weighted by molar-refractivity contribution is 7.14. The molecule has 0 unspecified atom stereocenters. The van der Waals surface area contributed by atoms with E-state index in [2.05, 4.69) is 0 Å². The molecule has 0 spiro atoms. The molecule has 0 bridgehead atoms. The summed E-state index contributed by atoms with van der Waals surface area (Å²) in [6.45, 7) is 5.64. The van der Waals surface area contributed by atoms with Gasteiger partial charge in [0, 0.05) is 4.88 Å². The van der Waals surface area contributed by atoms with Gasteiger partial charge in [0.15, 0.2) is 0 Å². The Bertz CT molecular complexity index is 575. The molecule has 1 aromatic heterocycles. The van der Waals surface area contributed by atoms with Crippen LogP contribution in [0.5, 0.6) is 0 Å². The van der Waals surface area contributed by atoms with Crippen LogP contribution >= 0.6 is 11.3 Å². The van der Waals surface area contributed by atoms with Crippen molar-refractivity contribution in [2.75, 3.05) is 0 Å². The molecule has 3 heteroatoms. The van der Waals surface area contributed by atoms with Crippen molar-refractivity contribution in [3.8, 4) is 0 Å². The quantitative estimate of drug-likeness (QED) is 0.754. The van der Waals surface area contributed by atoms with Gasteiger partial charge in [0.25, 0.3) is 0 Å². The lowest BCUT2D eigenvalue weighted by molar-refractivity contribution is 0.103. The average molecular weight is 262 g/mol. The van der Waals surface area contributed by atoms with Crippen molar-refractivity contribution in [2.24, 2.45) is 0 Å². The zero-order valence-electron chi connectivity index (χ0n) is 10.7. The minimum absolute atomic E-state index is 0.199. The fourth-order valence-electron chi connectivity index (χ4n) is 2.02. The van der Waals surface area contributed by atoms with Crippen LogP contribution in [-0.4, -0.2) is 5.78 Å². The SMILES string of the molecule is CCc1ccc(C(=O)c2c(C)cc(C)cc2F)s1. The van der Waals surface area contributed by atoms with Crippen molar-refractivity contribution in [1.29, 1.82) is 0 Å². The maximum Gasteiger partial charge on any atom is 0.206 e. The molecular formula is C15H15FOS. The molecule has 2 rings (SSSR count). The van der Waals surface area contributed by atoms with Crippen molar-refractivity contribution < 1.29 is 9.18 Å². The number of aryl methyl sites for hydroxylation is 3. The Balaban J connectivity index is 2.46. The van der Waals surface area contributed by atoms with Crippen molar-refractivity contribution in [2.45, 2.75) is 27.2 Å². The lowest BCUT2D eigenvalue weighted by atomic mass is 10.0. The third-order valence-corrected chi connectivity index (χ3v) is 4.12. The van der Waals surface area contributed by atoms with Crippen LogP contribution in [0, 0.1) is 19.7 Å². The number of hydrogen-bond donors (Lipinski definition) is 0. The summed E-state index contributed by atoms with van der Waals surface area (Å²) in [5.74, 6) is -0.640. The predicted octanol–water partition coefficient (Wildman–Crippen LogP) is 4.30. The van der Waals surface area contributed by atoms with Crippen LogP contribution in [0.4, 0.5) is 4.39 Å². The summed E-state index contributed by atoms with van der Waals surface area (Å²) in [7, 11) is 0. The number of hydrogen-bond acceptors (Lipinski definition) is 2. The molecule has 1 aromatic carbocycles. The number of thiophene rings is 1. The minimum atomic E-state index is -0.427. The minimum Gasteiger partial charge on any atom is -0.288 e. The molecule has 0 amide bonds. The van der Waals surface area contributed by atoms with E-state index >= 15 is 0 Å². The Labute approximate surface area is 110 Å². The molecule has 94 valence electrons. The maximum atomic E-state index is 13.9. The first-order chi connectivity index (χ1) is 8.52. The highest BCUT2D eigenvalue weighted by atomic mass is 32.1. The second-order valence-corrected chi connectivity index (χ2v) is 5.56. The largest absolute Gasteiger partial charge is 0.288 e. The lowest BCUT2D eigenvalue weighted by Crippen LogP contribution is -2.05. The van der Waals surface area contributed by atoms with E-state index in [1.807, 2.05) is 26.0 Å². The Morgan fingerprint density at radius 3 is 2.56 bits per heavy atom. The van der Waals surface area contributed by atoms with Crippen LogP contribution < -0.4 is 0 Å². The Morgan fingerprint density at radius 2 is 2.00 bits per heavy atom. The van der Waals surface area contributed by atoms with Gasteiger partial charge in [0.2, 0.25) is 5.78 Å². The van der Waals surface area contributed by atoms with E-state index in [0.717, 1.165) is 16.9 Å². The molecule has 0 atom stereocenters. The molecular weight excluding hydrogens is 247 g/mol. The Morgan fingerprint density at radius 1 is 1.28 bits per heavy atom. The lowest BCUT2D eigenvalue weighted by Gasteiger charge is -2.06. The molecule has 0 radical (unpaired) electrons. The average Bonchev–Trinajstić information content (AvgIpc) is 2.75. The summed E-state index contributed by atoms with van der Waals surface area (Å²) in [6.07, 6.45) is 0.896. The number of ketones is 1. The molecule has 0 saturated carbocycles. The van der Waals surface area contributed by atoms with Crippen LogP contribution in [-0.2, 0) is 6.42 Å². The number of carbonyl (C=O) groups is 1. The molecule has 1 nitrogen and oxygen atoms in total. The zero-order chi connectivity index (χ0) is 13.3. The van der Waals surface area contributed by atoms with Crippen molar-refractivity contribution in [1.82, 2.24) is 0 Å². The number of halogens is 1. The Hall–Kier alpha value is -1.48. The predicted molar refractivity (Wildman–Crippen MR) is 73.0 cm³/mol. The zero-order valence-corrected chi connectivity index (χ0v) is 11.5. The second-order valence-electron chi connectivity index (χ2n) is 4.39. The van der Waals surface area contributed by atoms with Gasteiger partial charge in [-0.1, -0.05) is 13.0 Å². The fourth-order valence-corrected chi connectivity index (χ4v) is 2.91. The molecule has 0 aliphatic carbocycles. The first kappa shape index (κ1) is 13.0. The molecule has 1 heterocycles. The van der Waals surface area contributed by atoms with Crippen molar-refractivity contribution >= 4 is 17.1 Å². The Kier molecular flexibility index (Phi) is 3.62. The van der Waals surface area contributed by atoms with E-state index in [1.165, 1.54) is 17.4 Å². The summed E-state index contributed by atoms with van der Waals surface area (Å²) >= 11 is 1.44. The van der Waals surface area contributed by atoms with Gasteiger partial charge in [-0.3, -0.25) is 4.79 Å². The van der Waals surface area contributed by atoms with Gasteiger partial charge in [-0.2, -0.15) is 0 Å². The second kappa shape index (κ2) is 5.02. The summed E-state index contributed by atoms with van der Waals surface area (Å²) < 4.78 is 13.9.